The molecule has 1 aromatic heterocycles. The van der Waals surface area contributed by atoms with Crippen molar-refractivity contribution in [1.82, 2.24) is 15.5 Å². The fourth-order valence-electron chi connectivity index (χ4n) is 1.92. The zero-order chi connectivity index (χ0) is 14.0. The molecule has 0 amide bonds. The van der Waals surface area contributed by atoms with Crippen LogP contribution in [0.5, 0.6) is 0 Å². The van der Waals surface area contributed by atoms with Gasteiger partial charge in [0, 0.05) is 11.6 Å². The van der Waals surface area contributed by atoms with Crippen LogP contribution >= 0.6 is 11.6 Å². The van der Waals surface area contributed by atoms with Gasteiger partial charge in [-0.2, -0.15) is 0 Å². The lowest BCUT2D eigenvalue weighted by Gasteiger charge is -2.22. The molecule has 106 valence electrons. The summed E-state index contributed by atoms with van der Waals surface area (Å²) >= 11 is 5.97. The first-order chi connectivity index (χ1) is 8.93. The Hall–Kier alpha value is -1.05. The molecule has 1 aliphatic rings. The fourth-order valence-corrected chi connectivity index (χ4v) is 2.13. The minimum absolute atomic E-state index is 0.190. The van der Waals surface area contributed by atoms with Crippen LogP contribution in [0.4, 0.5) is 14.6 Å². The van der Waals surface area contributed by atoms with E-state index in [0.717, 1.165) is 12.8 Å². The lowest BCUT2D eigenvalue weighted by molar-refractivity contribution is 0.00843. The molecule has 0 spiro atoms. The molecule has 19 heavy (non-hydrogen) atoms. The predicted molar refractivity (Wildman–Crippen MR) is 68.9 cm³/mol. The second kappa shape index (κ2) is 5.52. The Bertz CT molecular complexity index is 453. The van der Waals surface area contributed by atoms with Crippen LogP contribution in [0.25, 0.3) is 0 Å². The fraction of sp³-hybridized carbons (Fsp3) is 0.636. The van der Waals surface area contributed by atoms with Crippen LogP contribution in [0.1, 0.15) is 24.4 Å². The van der Waals surface area contributed by atoms with Crippen LogP contribution in [0.15, 0.2) is 6.07 Å². The number of halogens is 3. The summed E-state index contributed by atoms with van der Waals surface area (Å²) in [6, 6.07) is 1.29. The monoisotopic (exact) mass is 291 g/mol. The Balaban J connectivity index is 2.14. The highest BCUT2D eigenvalue weighted by Gasteiger charge is 2.36. The summed E-state index contributed by atoms with van der Waals surface area (Å²) < 4.78 is 26.4. The molecule has 1 heterocycles. The van der Waals surface area contributed by atoms with Gasteiger partial charge in [0.05, 0.1) is 13.1 Å². The number of hydrogen-bond donors (Lipinski definition) is 3. The molecule has 5 nitrogen and oxygen atoms in total. The van der Waals surface area contributed by atoms with Crippen molar-refractivity contribution in [2.75, 3.05) is 18.8 Å². The van der Waals surface area contributed by atoms with Crippen molar-refractivity contribution < 1.29 is 8.78 Å². The van der Waals surface area contributed by atoms with E-state index in [4.69, 9.17) is 23.1 Å². The van der Waals surface area contributed by atoms with E-state index in [9.17, 15) is 8.78 Å². The van der Waals surface area contributed by atoms with Gasteiger partial charge in [-0.15, -0.1) is 10.2 Å². The lowest BCUT2D eigenvalue weighted by Crippen LogP contribution is -2.41. The Kier molecular flexibility index (Phi) is 4.17. The van der Waals surface area contributed by atoms with Gasteiger partial charge in [-0.3, -0.25) is 0 Å². The first-order valence-electron chi connectivity index (χ1n) is 6.03. The van der Waals surface area contributed by atoms with Gasteiger partial charge in [0.2, 0.25) is 0 Å². The highest BCUT2D eigenvalue weighted by Crippen LogP contribution is 2.42. The standard InChI is InChI=1S/C11H16ClF2N5/c12-10-7(3-8(16)18-19-10)9(6-1-2-6)17-5-11(13,14)4-15/h3,6,9,17H,1-2,4-5,15H2,(H2,16,18). The minimum Gasteiger partial charge on any atom is -0.382 e. The third-order valence-corrected chi connectivity index (χ3v) is 3.40. The van der Waals surface area contributed by atoms with Gasteiger partial charge < -0.3 is 16.8 Å². The Labute approximate surface area is 114 Å². The van der Waals surface area contributed by atoms with Crippen LogP contribution in [0.3, 0.4) is 0 Å². The van der Waals surface area contributed by atoms with Crippen LogP contribution < -0.4 is 16.8 Å². The van der Waals surface area contributed by atoms with E-state index >= 15 is 0 Å². The van der Waals surface area contributed by atoms with E-state index in [1.54, 1.807) is 6.07 Å². The molecule has 1 aliphatic carbocycles. The van der Waals surface area contributed by atoms with E-state index in [0.29, 0.717) is 5.56 Å². The van der Waals surface area contributed by atoms with Crippen LogP contribution in [0.2, 0.25) is 5.15 Å². The van der Waals surface area contributed by atoms with Gasteiger partial charge in [-0.25, -0.2) is 8.78 Å². The number of anilines is 1. The number of alkyl halides is 2. The second-order valence-corrected chi connectivity index (χ2v) is 5.13. The number of nitrogen functional groups attached to an aromatic ring is 1. The number of rotatable bonds is 6. The number of aromatic nitrogens is 2. The first-order valence-corrected chi connectivity index (χ1v) is 6.40. The third kappa shape index (κ3) is 3.71. The predicted octanol–water partition coefficient (Wildman–Crippen LogP) is 1.35. The molecule has 8 heteroatoms. The molecule has 1 fully saturated rings. The molecule has 0 saturated heterocycles. The van der Waals surface area contributed by atoms with Crippen LogP contribution in [-0.4, -0.2) is 29.2 Å². The highest BCUT2D eigenvalue weighted by molar-refractivity contribution is 6.30. The summed E-state index contributed by atoms with van der Waals surface area (Å²) in [7, 11) is 0. The zero-order valence-corrected chi connectivity index (χ0v) is 11.0. The SMILES string of the molecule is NCC(F)(F)CNC(c1cc(N)nnc1Cl)C1CC1. The molecule has 1 atom stereocenters. The van der Waals surface area contributed by atoms with E-state index in [1.807, 2.05) is 0 Å². The molecular weight excluding hydrogens is 276 g/mol. The zero-order valence-electron chi connectivity index (χ0n) is 10.2. The lowest BCUT2D eigenvalue weighted by atomic mass is 10.0. The largest absolute Gasteiger partial charge is 0.382 e. The number of nitrogens with one attached hydrogen (secondary N) is 1. The molecular formula is C11H16ClF2N5. The van der Waals surface area contributed by atoms with Gasteiger partial charge in [0.25, 0.3) is 5.92 Å². The van der Waals surface area contributed by atoms with E-state index in [-0.39, 0.29) is 22.9 Å². The molecule has 5 N–H and O–H groups in total. The van der Waals surface area contributed by atoms with Crippen molar-refractivity contribution in [2.24, 2.45) is 11.7 Å². The van der Waals surface area contributed by atoms with Gasteiger partial charge in [0.15, 0.2) is 5.15 Å². The van der Waals surface area contributed by atoms with Crippen molar-refractivity contribution in [2.45, 2.75) is 24.8 Å². The van der Waals surface area contributed by atoms with Crippen molar-refractivity contribution in [3.63, 3.8) is 0 Å². The van der Waals surface area contributed by atoms with Crippen LogP contribution in [-0.2, 0) is 0 Å². The van der Waals surface area contributed by atoms with Gasteiger partial charge >= 0.3 is 0 Å². The number of nitrogens with zero attached hydrogens (tertiary/aromatic N) is 2. The summed E-state index contributed by atoms with van der Waals surface area (Å²) in [6.45, 7) is -1.19. The summed E-state index contributed by atoms with van der Waals surface area (Å²) in [4.78, 5) is 0. The minimum atomic E-state index is -2.94. The molecule has 1 unspecified atom stereocenters. The summed E-state index contributed by atoms with van der Waals surface area (Å²) in [5.41, 5.74) is 11.2. The average molecular weight is 292 g/mol. The van der Waals surface area contributed by atoms with Crippen molar-refractivity contribution in [3.05, 3.63) is 16.8 Å². The molecule has 2 rings (SSSR count). The Morgan fingerprint density at radius 1 is 1.47 bits per heavy atom. The quantitative estimate of drug-likeness (QED) is 0.736. The summed E-state index contributed by atoms with van der Waals surface area (Å²) in [5, 5.41) is 10.3. The van der Waals surface area contributed by atoms with Gasteiger partial charge in [0.1, 0.15) is 5.82 Å². The Morgan fingerprint density at radius 3 is 2.74 bits per heavy atom. The van der Waals surface area contributed by atoms with E-state index in [1.165, 1.54) is 0 Å². The molecule has 1 saturated carbocycles. The first kappa shape index (κ1) is 14.4. The second-order valence-electron chi connectivity index (χ2n) is 4.77. The molecule has 0 aromatic carbocycles. The Morgan fingerprint density at radius 2 is 2.16 bits per heavy atom. The molecule has 0 radical (unpaired) electrons. The summed E-state index contributed by atoms with van der Waals surface area (Å²) in [6.07, 6.45) is 1.93. The van der Waals surface area contributed by atoms with Crippen molar-refractivity contribution in [3.8, 4) is 0 Å². The number of nitrogens with two attached hydrogens (primary N) is 2. The van der Waals surface area contributed by atoms with E-state index in [2.05, 4.69) is 15.5 Å². The van der Waals surface area contributed by atoms with E-state index < -0.39 is 19.0 Å². The molecule has 0 bridgehead atoms. The average Bonchev–Trinajstić information content (AvgIpc) is 3.18. The number of hydrogen-bond acceptors (Lipinski definition) is 5. The maximum atomic E-state index is 13.2. The van der Waals surface area contributed by atoms with Gasteiger partial charge in [-0.1, -0.05) is 11.6 Å². The maximum Gasteiger partial charge on any atom is 0.272 e. The topological polar surface area (TPSA) is 89.8 Å². The third-order valence-electron chi connectivity index (χ3n) is 3.10. The van der Waals surface area contributed by atoms with Gasteiger partial charge in [-0.05, 0) is 24.8 Å². The normalized spacial score (nSPS) is 17.5. The van der Waals surface area contributed by atoms with Crippen molar-refractivity contribution in [1.29, 1.82) is 0 Å². The molecule has 1 aromatic rings. The van der Waals surface area contributed by atoms with Crippen molar-refractivity contribution >= 4 is 17.4 Å². The summed E-state index contributed by atoms with van der Waals surface area (Å²) in [5.74, 6) is -2.45. The van der Waals surface area contributed by atoms with Crippen LogP contribution in [0, 0.1) is 5.92 Å². The molecule has 0 aliphatic heterocycles. The smallest absolute Gasteiger partial charge is 0.272 e. The highest BCUT2D eigenvalue weighted by atomic mass is 35.5. The maximum absolute atomic E-state index is 13.2.